The average Bonchev–Trinajstić information content (AvgIpc) is 2.35. The fourth-order valence-electron chi connectivity index (χ4n) is 2.17. The summed E-state index contributed by atoms with van der Waals surface area (Å²) in [6, 6.07) is 12.7. The summed E-state index contributed by atoms with van der Waals surface area (Å²) in [4.78, 5) is 6.61. The lowest BCUT2D eigenvalue weighted by Gasteiger charge is -2.29. The third-order valence-electron chi connectivity index (χ3n) is 3.14. The molecule has 3 nitrogen and oxygen atoms in total. The van der Waals surface area contributed by atoms with Gasteiger partial charge in [0.25, 0.3) is 0 Å². The molecule has 0 saturated heterocycles. The Morgan fingerprint density at radius 2 is 2.00 bits per heavy atom. The van der Waals surface area contributed by atoms with Crippen LogP contribution in [0, 0.1) is 6.92 Å². The summed E-state index contributed by atoms with van der Waals surface area (Å²) in [5, 5.41) is 0. The number of nitrogens with two attached hydrogens (primary N) is 1. The van der Waals surface area contributed by atoms with Gasteiger partial charge >= 0.3 is 0 Å². The number of anilines is 2. The standard InChI is InChI=1S/C16H21N3/c1-12(2)19(16-7-8-18-13(3)9-16)11-14-5-4-6-15(17)10-14/h4-10,12H,11,17H2,1-3H3. The largest absolute Gasteiger partial charge is 0.399 e. The molecule has 0 unspecified atom stereocenters. The van der Waals surface area contributed by atoms with Crippen LogP contribution in [0.4, 0.5) is 11.4 Å². The summed E-state index contributed by atoms with van der Waals surface area (Å²) in [6.07, 6.45) is 1.86. The minimum Gasteiger partial charge on any atom is -0.399 e. The summed E-state index contributed by atoms with van der Waals surface area (Å²) in [5.74, 6) is 0. The Kier molecular flexibility index (Phi) is 4.05. The van der Waals surface area contributed by atoms with Crippen LogP contribution < -0.4 is 10.6 Å². The van der Waals surface area contributed by atoms with E-state index in [1.165, 1.54) is 11.3 Å². The molecule has 0 saturated carbocycles. The SMILES string of the molecule is Cc1cc(N(Cc2cccc(N)c2)C(C)C)ccn1. The quantitative estimate of drug-likeness (QED) is 0.851. The highest BCUT2D eigenvalue weighted by Crippen LogP contribution is 2.21. The summed E-state index contributed by atoms with van der Waals surface area (Å²) >= 11 is 0. The summed E-state index contributed by atoms with van der Waals surface area (Å²) < 4.78 is 0. The Morgan fingerprint density at radius 1 is 1.21 bits per heavy atom. The topological polar surface area (TPSA) is 42.1 Å². The molecule has 0 radical (unpaired) electrons. The summed E-state index contributed by atoms with van der Waals surface area (Å²) in [6.45, 7) is 7.26. The number of benzene rings is 1. The van der Waals surface area contributed by atoms with Gasteiger partial charge in [-0.25, -0.2) is 0 Å². The van der Waals surface area contributed by atoms with E-state index in [1.54, 1.807) is 0 Å². The predicted octanol–water partition coefficient (Wildman–Crippen LogP) is 3.39. The molecule has 3 heteroatoms. The van der Waals surface area contributed by atoms with Gasteiger partial charge in [0.2, 0.25) is 0 Å². The lowest BCUT2D eigenvalue weighted by molar-refractivity contribution is 0.681. The fourth-order valence-corrected chi connectivity index (χ4v) is 2.17. The van der Waals surface area contributed by atoms with E-state index in [1.807, 2.05) is 31.3 Å². The number of nitrogens with zero attached hydrogens (tertiary/aromatic N) is 2. The molecule has 0 amide bonds. The fraction of sp³-hybridized carbons (Fsp3) is 0.312. The molecule has 0 spiro atoms. The lowest BCUT2D eigenvalue weighted by atomic mass is 10.1. The Hall–Kier alpha value is -2.03. The van der Waals surface area contributed by atoms with Gasteiger partial charge in [-0.3, -0.25) is 4.98 Å². The predicted molar refractivity (Wildman–Crippen MR) is 81.1 cm³/mol. The first-order valence-electron chi connectivity index (χ1n) is 6.60. The van der Waals surface area contributed by atoms with Crippen molar-refractivity contribution in [3.63, 3.8) is 0 Å². The highest BCUT2D eigenvalue weighted by molar-refractivity contribution is 5.49. The van der Waals surface area contributed by atoms with Crippen LogP contribution in [0.2, 0.25) is 0 Å². The minimum atomic E-state index is 0.420. The number of hydrogen-bond acceptors (Lipinski definition) is 3. The van der Waals surface area contributed by atoms with E-state index in [0.29, 0.717) is 6.04 Å². The van der Waals surface area contributed by atoms with Crippen molar-refractivity contribution >= 4 is 11.4 Å². The molecule has 0 aliphatic carbocycles. The Bertz CT molecular complexity index is 549. The Balaban J connectivity index is 2.26. The van der Waals surface area contributed by atoms with Gasteiger partial charge in [-0.1, -0.05) is 12.1 Å². The molecule has 0 atom stereocenters. The smallest absolute Gasteiger partial charge is 0.0433 e. The van der Waals surface area contributed by atoms with Gasteiger partial charge in [-0.05, 0) is 50.6 Å². The van der Waals surface area contributed by atoms with Crippen molar-refractivity contribution in [2.24, 2.45) is 0 Å². The number of aryl methyl sites for hydroxylation is 1. The number of rotatable bonds is 4. The number of aromatic nitrogens is 1. The van der Waals surface area contributed by atoms with Gasteiger partial charge in [-0.15, -0.1) is 0 Å². The van der Waals surface area contributed by atoms with Gasteiger partial charge in [0.1, 0.15) is 0 Å². The second kappa shape index (κ2) is 5.74. The zero-order chi connectivity index (χ0) is 13.8. The van der Waals surface area contributed by atoms with E-state index < -0.39 is 0 Å². The van der Waals surface area contributed by atoms with E-state index >= 15 is 0 Å². The van der Waals surface area contributed by atoms with E-state index in [9.17, 15) is 0 Å². The molecule has 1 aromatic heterocycles. The average molecular weight is 255 g/mol. The first-order valence-corrected chi connectivity index (χ1v) is 6.60. The van der Waals surface area contributed by atoms with E-state index in [2.05, 4.69) is 41.9 Å². The molecule has 19 heavy (non-hydrogen) atoms. The number of pyridine rings is 1. The van der Waals surface area contributed by atoms with Gasteiger partial charge in [0.05, 0.1) is 0 Å². The first kappa shape index (κ1) is 13.4. The highest BCUT2D eigenvalue weighted by Gasteiger charge is 2.11. The molecule has 1 heterocycles. The Labute approximate surface area is 115 Å². The molecule has 2 aromatic rings. The monoisotopic (exact) mass is 255 g/mol. The zero-order valence-electron chi connectivity index (χ0n) is 11.8. The lowest BCUT2D eigenvalue weighted by Crippen LogP contribution is -2.30. The molecule has 2 rings (SSSR count). The second-order valence-electron chi connectivity index (χ2n) is 5.12. The van der Waals surface area contributed by atoms with Crippen molar-refractivity contribution in [2.75, 3.05) is 10.6 Å². The van der Waals surface area contributed by atoms with Gasteiger partial charge in [-0.2, -0.15) is 0 Å². The molecule has 2 N–H and O–H groups in total. The number of nitrogen functional groups attached to an aromatic ring is 1. The molecule has 0 aliphatic rings. The molecule has 0 aliphatic heterocycles. The van der Waals surface area contributed by atoms with Crippen molar-refractivity contribution < 1.29 is 0 Å². The van der Waals surface area contributed by atoms with Crippen LogP contribution in [0.15, 0.2) is 42.6 Å². The van der Waals surface area contributed by atoms with Gasteiger partial charge in [0.15, 0.2) is 0 Å². The molecular formula is C16H21N3. The van der Waals surface area contributed by atoms with E-state index in [4.69, 9.17) is 5.73 Å². The normalized spacial score (nSPS) is 10.7. The van der Waals surface area contributed by atoms with E-state index in [-0.39, 0.29) is 0 Å². The maximum absolute atomic E-state index is 5.84. The molecular weight excluding hydrogens is 234 g/mol. The maximum atomic E-state index is 5.84. The van der Waals surface area contributed by atoms with Crippen molar-refractivity contribution in [1.29, 1.82) is 0 Å². The van der Waals surface area contributed by atoms with Crippen LogP contribution in [-0.2, 0) is 6.54 Å². The first-order chi connectivity index (χ1) is 9.06. The van der Waals surface area contributed by atoms with Crippen LogP contribution in [0.1, 0.15) is 25.1 Å². The van der Waals surface area contributed by atoms with Gasteiger partial charge in [0, 0.05) is 35.9 Å². The minimum absolute atomic E-state index is 0.420. The highest BCUT2D eigenvalue weighted by atomic mass is 15.1. The van der Waals surface area contributed by atoms with Gasteiger partial charge < -0.3 is 10.6 Å². The molecule has 1 aromatic carbocycles. The summed E-state index contributed by atoms with van der Waals surface area (Å²) in [7, 11) is 0. The maximum Gasteiger partial charge on any atom is 0.0433 e. The third kappa shape index (κ3) is 3.47. The third-order valence-corrected chi connectivity index (χ3v) is 3.14. The Morgan fingerprint density at radius 3 is 2.63 bits per heavy atom. The molecule has 0 bridgehead atoms. The molecule has 0 fully saturated rings. The summed E-state index contributed by atoms with van der Waals surface area (Å²) in [5.41, 5.74) is 10.1. The number of hydrogen-bond donors (Lipinski definition) is 1. The van der Waals surface area contributed by atoms with E-state index in [0.717, 1.165) is 17.9 Å². The van der Waals surface area contributed by atoms with Crippen LogP contribution in [-0.4, -0.2) is 11.0 Å². The van der Waals surface area contributed by atoms with Crippen molar-refractivity contribution in [1.82, 2.24) is 4.98 Å². The van der Waals surface area contributed by atoms with Crippen molar-refractivity contribution in [3.05, 3.63) is 53.9 Å². The van der Waals surface area contributed by atoms with Crippen LogP contribution in [0.3, 0.4) is 0 Å². The van der Waals surface area contributed by atoms with Crippen molar-refractivity contribution in [2.45, 2.75) is 33.4 Å². The van der Waals surface area contributed by atoms with Crippen LogP contribution in [0.25, 0.3) is 0 Å². The second-order valence-corrected chi connectivity index (χ2v) is 5.12. The molecule has 100 valence electrons. The van der Waals surface area contributed by atoms with Crippen molar-refractivity contribution in [3.8, 4) is 0 Å². The zero-order valence-corrected chi connectivity index (χ0v) is 11.8. The van der Waals surface area contributed by atoms with Crippen LogP contribution in [0.5, 0.6) is 0 Å². The van der Waals surface area contributed by atoms with Crippen LogP contribution >= 0.6 is 0 Å².